The number of carbonyl (C=O) groups excluding carboxylic acids is 1. The third-order valence-electron chi connectivity index (χ3n) is 3.13. The van der Waals surface area contributed by atoms with Crippen molar-refractivity contribution in [2.24, 2.45) is 0 Å². The molecule has 0 saturated carbocycles. The number of nitriles is 1. The van der Waals surface area contributed by atoms with Gasteiger partial charge in [-0.15, -0.1) is 0 Å². The molecule has 1 amide bonds. The summed E-state index contributed by atoms with van der Waals surface area (Å²) in [7, 11) is -3.67. The summed E-state index contributed by atoms with van der Waals surface area (Å²) in [5, 5.41) is 11.2. The fourth-order valence-electron chi connectivity index (χ4n) is 1.90. The minimum Gasteiger partial charge on any atom is -0.348 e. The molecule has 2 N–H and O–H groups in total. The fraction of sp³-hybridized carbons (Fsp3) is 0.188. The van der Waals surface area contributed by atoms with E-state index in [0.29, 0.717) is 12.1 Å². The number of rotatable bonds is 7. The maximum Gasteiger partial charge on any atom is 0.251 e. The molecule has 1 aromatic heterocycles. The van der Waals surface area contributed by atoms with E-state index in [-0.39, 0.29) is 23.8 Å². The van der Waals surface area contributed by atoms with Gasteiger partial charge in [0.05, 0.1) is 11.0 Å². The van der Waals surface area contributed by atoms with Gasteiger partial charge in [0.2, 0.25) is 10.0 Å². The summed E-state index contributed by atoms with van der Waals surface area (Å²) < 4.78 is 26.3. The molecule has 0 bridgehead atoms. The number of sulfonamides is 1. The first-order valence-electron chi connectivity index (χ1n) is 7.17. The summed E-state index contributed by atoms with van der Waals surface area (Å²) in [6.45, 7) is 0.384. The second kappa shape index (κ2) is 8.19. The first-order chi connectivity index (χ1) is 11.5. The molecular weight excluding hydrogens is 328 g/mol. The van der Waals surface area contributed by atoms with Crippen molar-refractivity contribution >= 4 is 15.9 Å². The second-order valence-electron chi connectivity index (χ2n) is 4.87. The van der Waals surface area contributed by atoms with Gasteiger partial charge in [0.25, 0.3) is 5.91 Å². The zero-order chi connectivity index (χ0) is 17.4. The monoisotopic (exact) mass is 344 g/mol. The molecule has 24 heavy (non-hydrogen) atoms. The van der Waals surface area contributed by atoms with Crippen LogP contribution in [0.15, 0.2) is 53.7 Å². The zero-order valence-electron chi connectivity index (χ0n) is 12.8. The molecule has 0 aliphatic heterocycles. The van der Waals surface area contributed by atoms with E-state index >= 15 is 0 Å². The maximum atomic E-state index is 12.1. The van der Waals surface area contributed by atoms with E-state index in [0.717, 1.165) is 5.56 Å². The van der Waals surface area contributed by atoms with E-state index in [1.54, 1.807) is 18.5 Å². The van der Waals surface area contributed by atoms with Crippen molar-refractivity contribution in [2.45, 2.75) is 17.9 Å². The summed E-state index contributed by atoms with van der Waals surface area (Å²) in [4.78, 5) is 16.1. The van der Waals surface area contributed by atoms with Crippen molar-refractivity contribution in [2.75, 3.05) is 6.54 Å². The number of pyridine rings is 1. The van der Waals surface area contributed by atoms with Crippen LogP contribution in [0, 0.1) is 11.3 Å². The van der Waals surface area contributed by atoms with E-state index in [1.165, 1.54) is 24.3 Å². The number of hydrogen-bond donors (Lipinski definition) is 2. The number of nitrogens with zero attached hydrogens (tertiary/aromatic N) is 2. The third-order valence-corrected chi connectivity index (χ3v) is 4.61. The Labute approximate surface area is 140 Å². The predicted molar refractivity (Wildman–Crippen MR) is 87.3 cm³/mol. The average molecular weight is 344 g/mol. The molecule has 0 radical (unpaired) electrons. The van der Waals surface area contributed by atoms with Gasteiger partial charge in [-0.3, -0.25) is 9.78 Å². The van der Waals surface area contributed by atoms with Crippen LogP contribution in [0.4, 0.5) is 0 Å². The van der Waals surface area contributed by atoms with E-state index in [4.69, 9.17) is 5.26 Å². The zero-order valence-corrected chi connectivity index (χ0v) is 13.6. The number of nitrogens with one attached hydrogen (secondary N) is 2. The molecule has 2 aromatic rings. The molecule has 0 spiro atoms. The van der Waals surface area contributed by atoms with Crippen LogP contribution >= 0.6 is 0 Å². The minimum absolute atomic E-state index is 0.0456. The van der Waals surface area contributed by atoms with Gasteiger partial charge in [-0.2, -0.15) is 5.26 Å². The molecule has 0 atom stereocenters. The molecule has 7 nitrogen and oxygen atoms in total. The number of carbonyl (C=O) groups is 1. The van der Waals surface area contributed by atoms with Gasteiger partial charge in [-0.05, 0) is 35.9 Å². The Bertz CT molecular complexity index is 828. The molecule has 0 aliphatic rings. The van der Waals surface area contributed by atoms with Crippen LogP contribution in [0.5, 0.6) is 0 Å². The summed E-state index contributed by atoms with van der Waals surface area (Å²) in [6.07, 6.45) is 3.39. The van der Waals surface area contributed by atoms with Crippen molar-refractivity contribution < 1.29 is 13.2 Å². The standard InChI is InChI=1S/C16H16N4O3S/c17-8-2-10-20-24(22,23)15-6-4-14(5-7-15)16(21)19-12-13-3-1-9-18-11-13/h1,3-7,9,11,20H,2,10,12H2,(H,19,21). The lowest BCUT2D eigenvalue weighted by Gasteiger charge is -2.07. The molecular formula is C16H16N4O3S. The highest BCUT2D eigenvalue weighted by atomic mass is 32.2. The summed E-state index contributed by atoms with van der Waals surface area (Å²) >= 11 is 0. The van der Waals surface area contributed by atoms with Gasteiger partial charge in [-0.25, -0.2) is 13.1 Å². The van der Waals surface area contributed by atoms with Gasteiger partial charge < -0.3 is 5.32 Å². The van der Waals surface area contributed by atoms with Crippen molar-refractivity contribution in [3.05, 3.63) is 59.9 Å². The van der Waals surface area contributed by atoms with E-state index in [1.807, 2.05) is 12.1 Å². The van der Waals surface area contributed by atoms with Gasteiger partial charge in [0, 0.05) is 37.5 Å². The largest absolute Gasteiger partial charge is 0.348 e. The van der Waals surface area contributed by atoms with Crippen LogP contribution in [-0.2, 0) is 16.6 Å². The molecule has 2 rings (SSSR count). The first kappa shape index (κ1) is 17.6. The van der Waals surface area contributed by atoms with Gasteiger partial charge in [-0.1, -0.05) is 6.07 Å². The SMILES string of the molecule is N#CCCNS(=O)(=O)c1ccc(C(=O)NCc2cccnc2)cc1. The van der Waals surface area contributed by atoms with Crippen molar-refractivity contribution in [3.8, 4) is 6.07 Å². The first-order valence-corrected chi connectivity index (χ1v) is 8.65. The average Bonchev–Trinajstić information content (AvgIpc) is 2.61. The van der Waals surface area contributed by atoms with Gasteiger partial charge >= 0.3 is 0 Å². The molecule has 0 unspecified atom stereocenters. The van der Waals surface area contributed by atoms with Crippen LogP contribution in [0.3, 0.4) is 0 Å². The smallest absolute Gasteiger partial charge is 0.251 e. The molecule has 1 heterocycles. The number of benzene rings is 1. The molecule has 0 saturated heterocycles. The van der Waals surface area contributed by atoms with Crippen LogP contribution in [-0.4, -0.2) is 25.9 Å². The van der Waals surface area contributed by atoms with E-state index in [2.05, 4.69) is 15.0 Å². The second-order valence-corrected chi connectivity index (χ2v) is 6.64. The van der Waals surface area contributed by atoms with Crippen LogP contribution in [0.25, 0.3) is 0 Å². The Kier molecular flexibility index (Phi) is 6.01. The highest BCUT2D eigenvalue weighted by Crippen LogP contribution is 2.10. The third kappa shape index (κ3) is 4.87. The fourth-order valence-corrected chi connectivity index (χ4v) is 2.93. The number of hydrogen-bond acceptors (Lipinski definition) is 5. The Morgan fingerprint density at radius 3 is 2.58 bits per heavy atom. The topological polar surface area (TPSA) is 112 Å². The summed E-state index contributed by atoms with van der Waals surface area (Å²) in [5.41, 5.74) is 1.22. The highest BCUT2D eigenvalue weighted by Gasteiger charge is 2.14. The molecule has 0 fully saturated rings. The Morgan fingerprint density at radius 2 is 1.96 bits per heavy atom. The van der Waals surface area contributed by atoms with Gasteiger partial charge in [0.1, 0.15) is 0 Å². The number of amides is 1. The Hall–Kier alpha value is -2.76. The molecule has 1 aromatic carbocycles. The van der Waals surface area contributed by atoms with Crippen LogP contribution < -0.4 is 10.0 Å². The Morgan fingerprint density at radius 1 is 1.21 bits per heavy atom. The normalized spacial score (nSPS) is 10.8. The molecule has 0 aliphatic carbocycles. The lowest BCUT2D eigenvalue weighted by molar-refractivity contribution is 0.0951. The Balaban J connectivity index is 1.98. The van der Waals surface area contributed by atoms with Crippen molar-refractivity contribution in [1.29, 1.82) is 5.26 Å². The highest BCUT2D eigenvalue weighted by molar-refractivity contribution is 7.89. The molecule has 124 valence electrons. The van der Waals surface area contributed by atoms with Crippen LogP contribution in [0.2, 0.25) is 0 Å². The summed E-state index contributed by atoms with van der Waals surface area (Å²) in [5.74, 6) is -0.305. The predicted octanol–water partition coefficient (Wildman–Crippen LogP) is 1.20. The minimum atomic E-state index is -3.67. The molecule has 8 heteroatoms. The lowest BCUT2D eigenvalue weighted by Crippen LogP contribution is -2.25. The maximum absolute atomic E-state index is 12.1. The van der Waals surface area contributed by atoms with Crippen LogP contribution in [0.1, 0.15) is 22.3 Å². The van der Waals surface area contributed by atoms with Gasteiger partial charge in [0.15, 0.2) is 0 Å². The number of aromatic nitrogens is 1. The van der Waals surface area contributed by atoms with E-state index < -0.39 is 10.0 Å². The summed E-state index contributed by atoms with van der Waals surface area (Å²) in [6, 6.07) is 11.1. The quantitative estimate of drug-likeness (QED) is 0.733. The van der Waals surface area contributed by atoms with E-state index in [9.17, 15) is 13.2 Å². The van der Waals surface area contributed by atoms with Crippen molar-refractivity contribution in [1.82, 2.24) is 15.0 Å². The lowest BCUT2D eigenvalue weighted by atomic mass is 10.2. The van der Waals surface area contributed by atoms with Crippen molar-refractivity contribution in [3.63, 3.8) is 0 Å².